The topological polar surface area (TPSA) is 57.5 Å². The summed E-state index contributed by atoms with van der Waals surface area (Å²) in [6.45, 7) is 5.44. The molecule has 0 amide bonds. The highest BCUT2D eigenvalue weighted by Gasteiger charge is 2.15. The predicted molar refractivity (Wildman–Crippen MR) is 71.1 cm³/mol. The molecule has 0 fully saturated rings. The zero-order valence-electron chi connectivity index (χ0n) is 10.7. The van der Waals surface area contributed by atoms with Crippen LogP contribution in [0.2, 0.25) is 0 Å². The molecule has 0 aliphatic heterocycles. The first-order valence-corrected chi connectivity index (χ1v) is 5.87. The normalized spacial score (nSPS) is 12.6. The van der Waals surface area contributed by atoms with Gasteiger partial charge in [-0.3, -0.25) is 4.79 Å². The Labute approximate surface area is 106 Å². The van der Waals surface area contributed by atoms with Gasteiger partial charge in [0.25, 0.3) is 0 Å². The standard InChI is InChI=1S/C15H16O3/c1-8-6-14(16)10(3)12-5-4-11(7-13(8)12)9(2)15(17)18/h4-7,9,16H,1-3H3,(H,17,18). The number of benzene rings is 2. The van der Waals surface area contributed by atoms with Gasteiger partial charge in [-0.15, -0.1) is 0 Å². The Morgan fingerprint density at radius 1 is 1.17 bits per heavy atom. The lowest BCUT2D eigenvalue weighted by atomic mass is 9.94. The molecule has 1 unspecified atom stereocenters. The lowest BCUT2D eigenvalue weighted by Crippen LogP contribution is -2.07. The number of aliphatic carboxylic acids is 1. The number of phenolic OH excluding ortho intramolecular Hbond substituents is 1. The molecule has 1 atom stereocenters. The quantitative estimate of drug-likeness (QED) is 0.851. The summed E-state index contributed by atoms with van der Waals surface area (Å²) in [6.07, 6.45) is 0. The van der Waals surface area contributed by atoms with Crippen molar-refractivity contribution in [1.29, 1.82) is 0 Å². The lowest BCUT2D eigenvalue weighted by molar-refractivity contribution is -0.138. The Morgan fingerprint density at radius 3 is 2.44 bits per heavy atom. The molecule has 2 N–H and O–H groups in total. The van der Waals surface area contributed by atoms with E-state index in [0.29, 0.717) is 0 Å². The van der Waals surface area contributed by atoms with Crippen molar-refractivity contribution in [1.82, 2.24) is 0 Å². The number of carboxylic acid groups (broad SMARTS) is 1. The van der Waals surface area contributed by atoms with Gasteiger partial charge in [0.05, 0.1) is 5.92 Å². The van der Waals surface area contributed by atoms with E-state index in [-0.39, 0.29) is 5.75 Å². The van der Waals surface area contributed by atoms with E-state index in [1.165, 1.54) is 0 Å². The summed E-state index contributed by atoms with van der Waals surface area (Å²) in [5.74, 6) is -1.08. The maximum Gasteiger partial charge on any atom is 0.310 e. The molecule has 0 aromatic heterocycles. The van der Waals surface area contributed by atoms with Gasteiger partial charge in [-0.2, -0.15) is 0 Å². The van der Waals surface area contributed by atoms with Crippen molar-refractivity contribution in [3.8, 4) is 5.75 Å². The minimum absolute atomic E-state index is 0.277. The molecule has 3 heteroatoms. The monoisotopic (exact) mass is 244 g/mol. The van der Waals surface area contributed by atoms with Crippen LogP contribution < -0.4 is 0 Å². The molecule has 0 heterocycles. The second kappa shape index (κ2) is 4.33. The highest BCUT2D eigenvalue weighted by Crippen LogP contribution is 2.31. The number of carboxylic acids is 1. The van der Waals surface area contributed by atoms with E-state index in [1.807, 2.05) is 32.0 Å². The van der Waals surface area contributed by atoms with Crippen molar-refractivity contribution in [3.63, 3.8) is 0 Å². The number of hydrogen-bond donors (Lipinski definition) is 2. The smallest absolute Gasteiger partial charge is 0.310 e. The van der Waals surface area contributed by atoms with Crippen LogP contribution in [0.5, 0.6) is 5.75 Å². The summed E-state index contributed by atoms with van der Waals surface area (Å²) in [4.78, 5) is 11.0. The molecule has 0 radical (unpaired) electrons. The fourth-order valence-electron chi connectivity index (χ4n) is 2.16. The van der Waals surface area contributed by atoms with E-state index in [9.17, 15) is 9.90 Å². The van der Waals surface area contributed by atoms with Crippen LogP contribution in [0.25, 0.3) is 10.8 Å². The molecule has 0 aliphatic carbocycles. The molecule has 0 spiro atoms. The van der Waals surface area contributed by atoms with Gasteiger partial charge < -0.3 is 10.2 Å². The summed E-state index contributed by atoms with van der Waals surface area (Å²) >= 11 is 0. The van der Waals surface area contributed by atoms with Crippen molar-refractivity contribution in [2.45, 2.75) is 26.7 Å². The molecule has 0 aliphatic rings. The molecule has 0 saturated carbocycles. The Balaban J connectivity index is 2.69. The van der Waals surface area contributed by atoms with Crippen LogP contribution in [0, 0.1) is 13.8 Å². The summed E-state index contributed by atoms with van der Waals surface area (Å²) in [6, 6.07) is 7.31. The Hall–Kier alpha value is -2.03. The highest BCUT2D eigenvalue weighted by molar-refractivity contribution is 5.91. The third kappa shape index (κ3) is 1.92. The average Bonchev–Trinajstić information content (AvgIpc) is 2.34. The second-order valence-electron chi connectivity index (χ2n) is 4.70. The minimum atomic E-state index is -0.831. The van der Waals surface area contributed by atoms with Gasteiger partial charge in [0.1, 0.15) is 5.75 Å². The Bertz CT molecular complexity index is 629. The number of carbonyl (C=O) groups is 1. The van der Waals surface area contributed by atoms with Gasteiger partial charge in [0, 0.05) is 0 Å². The van der Waals surface area contributed by atoms with Crippen LogP contribution in [0.1, 0.15) is 29.5 Å². The van der Waals surface area contributed by atoms with E-state index < -0.39 is 11.9 Å². The van der Waals surface area contributed by atoms with Gasteiger partial charge in [0.2, 0.25) is 0 Å². The van der Waals surface area contributed by atoms with Crippen LogP contribution in [0.3, 0.4) is 0 Å². The average molecular weight is 244 g/mol. The molecule has 0 saturated heterocycles. The molecule has 2 rings (SSSR count). The molecule has 2 aromatic rings. The zero-order chi connectivity index (χ0) is 13.4. The number of phenols is 1. The van der Waals surface area contributed by atoms with Gasteiger partial charge in [-0.1, -0.05) is 18.2 Å². The first-order valence-electron chi connectivity index (χ1n) is 5.87. The zero-order valence-corrected chi connectivity index (χ0v) is 10.7. The number of aromatic hydroxyl groups is 1. The summed E-state index contributed by atoms with van der Waals surface area (Å²) in [7, 11) is 0. The number of fused-ring (bicyclic) bond motifs is 1. The number of hydrogen-bond acceptors (Lipinski definition) is 2. The third-order valence-electron chi connectivity index (χ3n) is 3.48. The van der Waals surface area contributed by atoms with Crippen LogP contribution in [-0.4, -0.2) is 16.2 Å². The Morgan fingerprint density at radius 2 is 1.83 bits per heavy atom. The first kappa shape index (κ1) is 12.4. The Kier molecular flexibility index (Phi) is 2.99. The van der Waals surface area contributed by atoms with Crippen LogP contribution >= 0.6 is 0 Å². The van der Waals surface area contributed by atoms with Gasteiger partial charge in [-0.25, -0.2) is 0 Å². The van der Waals surface area contributed by atoms with Crippen molar-refractivity contribution in [3.05, 3.63) is 41.0 Å². The lowest BCUT2D eigenvalue weighted by Gasteiger charge is -2.12. The highest BCUT2D eigenvalue weighted by atomic mass is 16.4. The van der Waals surface area contributed by atoms with Crippen LogP contribution in [0.4, 0.5) is 0 Å². The van der Waals surface area contributed by atoms with E-state index in [2.05, 4.69) is 0 Å². The summed E-state index contributed by atoms with van der Waals surface area (Å²) in [5, 5.41) is 20.8. The van der Waals surface area contributed by atoms with Crippen LogP contribution in [0.15, 0.2) is 24.3 Å². The SMILES string of the molecule is Cc1cc(O)c(C)c2ccc(C(C)C(=O)O)cc12. The predicted octanol–water partition coefficient (Wildman–Crippen LogP) is 3.35. The number of aryl methyl sites for hydroxylation is 2. The van der Waals surface area contributed by atoms with E-state index in [0.717, 1.165) is 27.5 Å². The maximum atomic E-state index is 11.0. The van der Waals surface area contributed by atoms with E-state index in [1.54, 1.807) is 13.0 Å². The maximum absolute atomic E-state index is 11.0. The van der Waals surface area contributed by atoms with E-state index in [4.69, 9.17) is 5.11 Å². The molecule has 94 valence electrons. The molecule has 2 aromatic carbocycles. The van der Waals surface area contributed by atoms with Crippen molar-refractivity contribution in [2.24, 2.45) is 0 Å². The number of rotatable bonds is 2. The first-order chi connectivity index (χ1) is 8.41. The van der Waals surface area contributed by atoms with Gasteiger partial charge in [0.15, 0.2) is 0 Å². The molecule has 18 heavy (non-hydrogen) atoms. The molecular weight excluding hydrogens is 228 g/mol. The fraction of sp³-hybridized carbons (Fsp3) is 0.267. The largest absolute Gasteiger partial charge is 0.508 e. The molecular formula is C15H16O3. The van der Waals surface area contributed by atoms with E-state index >= 15 is 0 Å². The van der Waals surface area contributed by atoms with Crippen molar-refractivity contribution < 1.29 is 15.0 Å². The van der Waals surface area contributed by atoms with Gasteiger partial charge >= 0.3 is 5.97 Å². The van der Waals surface area contributed by atoms with Crippen molar-refractivity contribution >= 4 is 16.7 Å². The second-order valence-corrected chi connectivity index (χ2v) is 4.70. The summed E-state index contributed by atoms with van der Waals surface area (Å²) in [5.41, 5.74) is 2.56. The van der Waals surface area contributed by atoms with Crippen molar-refractivity contribution in [2.75, 3.05) is 0 Å². The molecule has 3 nitrogen and oxygen atoms in total. The molecule has 0 bridgehead atoms. The van der Waals surface area contributed by atoms with Gasteiger partial charge in [-0.05, 0) is 54.3 Å². The fourth-order valence-corrected chi connectivity index (χ4v) is 2.16. The minimum Gasteiger partial charge on any atom is -0.508 e. The third-order valence-corrected chi connectivity index (χ3v) is 3.48. The van der Waals surface area contributed by atoms with Crippen LogP contribution in [-0.2, 0) is 4.79 Å². The summed E-state index contributed by atoms with van der Waals surface area (Å²) < 4.78 is 0.